The molecule has 176 valence electrons. The van der Waals surface area contributed by atoms with E-state index in [2.05, 4.69) is 39.7 Å². The molecule has 33 heavy (non-hydrogen) atoms. The summed E-state index contributed by atoms with van der Waals surface area (Å²) in [6, 6.07) is 7.73. The highest BCUT2D eigenvalue weighted by atomic mass is 32.2. The van der Waals surface area contributed by atoms with Gasteiger partial charge in [0.1, 0.15) is 5.75 Å². The lowest BCUT2D eigenvalue weighted by Gasteiger charge is -2.10. The Morgan fingerprint density at radius 1 is 1.18 bits per heavy atom. The van der Waals surface area contributed by atoms with Gasteiger partial charge in [-0.2, -0.15) is 0 Å². The summed E-state index contributed by atoms with van der Waals surface area (Å²) in [5, 5.41) is 17.0. The van der Waals surface area contributed by atoms with Crippen LogP contribution in [0.5, 0.6) is 5.75 Å². The summed E-state index contributed by atoms with van der Waals surface area (Å²) in [5.41, 5.74) is 2.09. The molecule has 0 aliphatic rings. The molecule has 2 heterocycles. The standard InChI is InChI=1S/C22H28N6O3S2/c1-5-28-18(10-23-19(29)11-31-17-8-6-16(7-9-17)14(2)3)26-27-22(28)33-13-20(30)25-21-24-15(4)12-32-21/h6-9,12,14H,5,10-11,13H2,1-4H3,(H,23,29)(H,24,25,30). The first-order valence-corrected chi connectivity index (χ1v) is 12.5. The van der Waals surface area contributed by atoms with E-state index in [0.717, 1.165) is 5.69 Å². The molecule has 0 bridgehead atoms. The third-order valence-corrected chi connectivity index (χ3v) is 6.51. The summed E-state index contributed by atoms with van der Waals surface area (Å²) < 4.78 is 7.43. The van der Waals surface area contributed by atoms with Gasteiger partial charge in [-0.25, -0.2) is 4.98 Å². The van der Waals surface area contributed by atoms with E-state index in [0.29, 0.717) is 34.3 Å². The van der Waals surface area contributed by atoms with Gasteiger partial charge in [-0.3, -0.25) is 9.59 Å². The number of anilines is 1. The minimum Gasteiger partial charge on any atom is -0.484 e. The summed E-state index contributed by atoms with van der Waals surface area (Å²) in [5.74, 6) is 1.49. The highest BCUT2D eigenvalue weighted by Crippen LogP contribution is 2.20. The fourth-order valence-corrected chi connectivity index (χ4v) is 4.42. The number of nitrogens with zero attached hydrogens (tertiary/aromatic N) is 4. The van der Waals surface area contributed by atoms with Crippen LogP contribution in [0.3, 0.4) is 0 Å². The normalized spacial score (nSPS) is 10.9. The first-order valence-electron chi connectivity index (χ1n) is 10.6. The number of nitrogens with one attached hydrogen (secondary N) is 2. The number of thiazole rings is 1. The highest BCUT2D eigenvalue weighted by Gasteiger charge is 2.15. The molecule has 0 spiro atoms. The average Bonchev–Trinajstić information content (AvgIpc) is 3.39. The van der Waals surface area contributed by atoms with E-state index in [4.69, 9.17) is 4.74 Å². The molecule has 11 heteroatoms. The van der Waals surface area contributed by atoms with Gasteiger partial charge in [-0.05, 0) is 37.5 Å². The van der Waals surface area contributed by atoms with Gasteiger partial charge in [-0.1, -0.05) is 37.7 Å². The van der Waals surface area contributed by atoms with Gasteiger partial charge in [0, 0.05) is 11.9 Å². The van der Waals surface area contributed by atoms with Crippen LogP contribution in [-0.4, -0.2) is 43.9 Å². The van der Waals surface area contributed by atoms with E-state index in [9.17, 15) is 9.59 Å². The number of hydrogen-bond acceptors (Lipinski definition) is 8. The van der Waals surface area contributed by atoms with Gasteiger partial charge < -0.3 is 19.9 Å². The zero-order chi connectivity index (χ0) is 23.8. The van der Waals surface area contributed by atoms with Gasteiger partial charge in [0.25, 0.3) is 5.91 Å². The van der Waals surface area contributed by atoms with Crippen LogP contribution in [0.4, 0.5) is 5.13 Å². The number of rotatable bonds is 11. The number of amides is 2. The molecule has 0 fully saturated rings. The Morgan fingerprint density at radius 2 is 1.94 bits per heavy atom. The van der Waals surface area contributed by atoms with Crippen molar-refractivity contribution in [2.24, 2.45) is 0 Å². The number of thioether (sulfide) groups is 1. The number of carbonyl (C=O) groups excluding carboxylic acids is 2. The number of hydrogen-bond donors (Lipinski definition) is 2. The molecular formula is C22H28N6O3S2. The predicted octanol–water partition coefficient (Wildman–Crippen LogP) is 3.61. The maximum absolute atomic E-state index is 12.2. The summed E-state index contributed by atoms with van der Waals surface area (Å²) in [6.45, 7) is 8.84. The van der Waals surface area contributed by atoms with Gasteiger partial charge in [-0.15, -0.1) is 21.5 Å². The van der Waals surface area contributed by atoms with E-state index in [-0.39, 0.29) is 30.7 Å². The summed E-state index contributed by atoms with van der Waals surface area (Å²) in [6.07, 6.45) is 0. The first-order chi connectivity index (χ1) is 15.9. The Kier molecular flexibility index (Phi) is 8.84. The molecule has 0 saturated heterocycles. The Labute approximate surface area is 201 Å². The van der Waals surface area contributed by atoms with Gasteiger partial charge in [0.15, 0.2) is 22.7 Å². The van der Waals surface area contributed by atoms with Crippen LogP contribution in [0.15, 0.2) is 34.8 Å². The molecule has 3 rings (SSSR count). The third kappa shape index (κ3) is 7.29. The van der Waals surface area contributed by atoms with E-state index in [1.807, 2.05) is 48.1 Å². The van der Waals surface area contributed by atoms with E-state index >= 15 is 0 Å². The van der Waals surface area contributed by atoms with Crippen LogP contribution < -0.4 is 15.4 Å². The molecule has 0 saturated carbocycles. The molecular weight excluding hydrogens is 460 g/mol. The molecule has 0 unspecified atom stereocenters. The molecule has 2 N–H and O–H groups in total. The number of benzene rings is 1. The number of ether oxygens (including phenoxy) is 1. The fraction of sp³-hybridized carbons (Fsp3) is 0.409. The first kappa shape index (κ1) is 24.7. The minimum absolute atomic E-state index is 0.0840. The Morgan fingerprint density at radius 3 is 2.58 bits per heavy atom. The number of carbonyl (C=O) groups is 2. The summed E-state index contributed by atoms with van der Waals surface area (Å²) >= 11 is 2.68. The van der Waals surface area contributed by atoms with Crippen molar-refractivity contribution < 1.29 is 14.3 Å². The largest absolute Gasteiger partial charge is 0.484 e. The fourth-order valence-electron chi connectivity index (χ4n) is 2.90. The van der Waals surface area contributed by atoms with Crippen LogP contribution in [0.25, 0.3) is 0 Å². The zero-order valence-corrected chi connectivity index (χ0v) is 20.8. The Balaban J connectivity index is 1.45. The van der Waals surface area contributed by atoms with Crippen LogP contribution >= 0.6 is 23.1 Å². The maximum atomic E-state index is 12.2. The number of aromatic nitrogens is 4. The minimum atomic E-state index is -0.249. The second kappa shape index (κ2) is 11.8. The lowest BCUT2D eigenvalue weighted by Crippen LogP contribution is -2.29. The van der Waals surface area contributed by atoms with Crippen LogP contribution in [0.1, 0.15) is 43.8 Å². The van der Waals surface area contributed by atoms with Gasteiger partial charge in [0.2, 0.25) is 5.91 Å². The topological polar surface area (TPSA) is 111 Å². The van der Waals surface area contributed by atoms with Crippen molar-refractivity contribution in [1.29, 1.82) is 0 Å². The SMILES string of the molecule is CCn1c(CNC(=O)COc2ccc(C(C)C)cc2)nnc1SCC(=O)Nc1nc(C)cs1. The van der Waals surface area contributed by atoms with Crippen LogP contribution in [-0.2, 0) is 22.7 Å². The van der Waals surface area contributed by atoms with Crippen molar-refractivity contribution in [3.8, 4) is 5.75 Å². The number of aryl methyl sites for hydroxylation is 1. The van der Waals surface area contributed by atoms with Crippen LogP contribution in [0.2, 0.25) is 0 Å². The smallest absolute Gasteiger partial charge is 0.258 e. The Hall–Kier alpha value is -2.92. The van der Waals surface area contributed by atoms with Crippen molar-refractivity contribution in [3.63, 3.8) is 0 Å². The molecule has 9 nitrogen and oxygen atoms in total. The summed E-state index contributed by atoms with van der Waals surface area (Å²) in [7, 11) is 0. The maximum Gasteiger partial charge on any atom is 0.258 e. The van der Waals surface area contributed by atoms with Crippen molar-refractivity contribution in [1.82, 2.24) is 25.1 Å². The lowest BCUT2D eigenvalue weighted by atomic mass is 10.0. The van der Waals surface area contributed by atoms with E-state index < -0.39 is 0 Å². The lowest BCUT2D eigenvalue weighted by molar-refractivity contribution is -0.123. The summed E-state index contributed by atoms with van der Waals surface area (Å²) in [4.78, 5) is 28.6. The Bertz CT molecular complexity index is 1080. The molecule has 3 aromatic rings. The van der Waals surface area contributed by atoms with Crippen molar-refractivity contribution in [2.75, 3.05) is 17.7 Å². The molecule has 2 amide bonds. The molecule has 0 atom stereocenters. The van der Waals surface area contributed by atoms with Crippen molar-refractivity contribution in [2.45, 2.75) is 51.9 Å². The zero-order valence-electron chi connectivity index (χ0n) is 19.1. The predicted molar refractivity (Wildman–Crippen MR) is 130 cm³/mol. The van der Waals surface area contributed by atoms with Gasteiger partial charge in [0.05, 0.1) is 18.0 Å². The highest BCUT2D eigenvalue weighted by molar-refractivity contribution is 7.99. The van der Waals surface area contributed by atoms with Crippen LogP contribution in [0, 0.1) is 6.92 Å². The quantitative estimate of drug-likeness (QED) is 0.397. The van der Waals surface area contributed by atoms with Crippen molar-refractivity contribution in [3.05, 3.63) is 46.7 Å². The molecule has 0 aliphatic carbocycles. The molecule has 0 radical (unpaired) electrons. The molecule has 0 aliphatic heterocycles. The second-order valence-corrected chi connectivity index (χ2v) is 9.36. The third-order valence-electron chi connectivity index (χ3n) is 4.67. The van der Waals surface area contributed by atoms with Crippen molar-refractivity contribution >= 4 is 40.0 Å². The van der Waals surface area contributed by atoms with E-state index in [1.165, 1.54) is 28.7 Å². The monoisotopic (exact) mass is 488 g/mol. The second-order valence-electron chi connectivity index (χ2n) is 7.56. The van der Waals surface area contributed by atoms with Gasteiger partial charge >= 0.3 is 0 Å². The average molecular weight is 489 g/mol. The van der Waals surface area contributed by atoms with E-state index in [1.54, 1.807) is 0 Å². The molecule has 1 aromatic carbocycles. The molecule has 2 aromatic heterocycles.